The molecule has 44 heavy (non-hydrogen) atoms. The highest BCUT2D eigenvalue weighted by Crippen LogP contribution is 2.38. The van der Waals surface area contributed by atoms with Crippen LogP contribution in [0.15, 0.2) is 46.7 Å². The standard InChI is InChI=1S/C31H28F2N4O5S2/c32-24-7-6-22(17-21(24)2-1-9-36-10-12-42-13-11-36)29-23(14-20-5-8-28(44(40)41)25(33)15-20)27(16-19-3-4-19)37(35-29)31-34-26(18-43-31)30(38)39/h5-8,15,17-19H,3-4,9-14,16H2,(H,38,39)(H,40,41). The van der Waals surface area contributed by atoms with Crippen molar-refractivity contribution >= 4 is 28.4 Å². The number of carboxylic acids is 1. The van der Waals surface area contributed by atoms with Crippen molar-refractivity contribution in [2.75, 3.05) is 32.8 Å². The first kappa shape index (κ1) is 30.2. The van der Waals surface area contributed by atoms with E-state index in [4.69, 9.17) is 9.84 Å². The summed E-state index contributed by atoms with van der Waals surface area (Å²) in [5.74, 6) is 4.00. The number of thiazole rings is 1. The summed E-state index contributed by atoms with van der Waals surface area (Å²) in [6.45, 7) is 3.28. The van der Waals surface area contributed by atoms with Crippen molar-refractivity contribution in [1.29, 1.82) is 0 Å². The van der Waals surface area contributed by atoms with Crippen LogP contribution in [0.2, 0.25) is 0 Å². The lowest BCUT2D eigenvalue weighted by Crippen LogP contribution is -2.36. The predicted octanol–water partition coefficient (Wildman–Crippen LogP) is 4.78. The molecule has 1 aliphatic heterocycles. The van der Waals surface area contributed by atoms with Crippen molar-refractivity contribution in [3.05, 3.63) is 81.5 Å². The molecule has 1 unspecified atom stereocenters. The van der Waals surface area contributed by atoms with Gasteiger partial charge in [0.25, 0.3) is 0 Å². The molecule has 0 radical (unpaired) electrons. The van der Waals surface area contributed by atoms with Crippen molar-refractivity contribution in [1.82, 2.24) is 19.7 Å². The number of rotatable bonds is 9. The Kier molecular flexibility index (Phi) is 8.97. The van der Waals surface area contributed by atoms with Crippen LogP contribution in [0, 0.1) is 29.4 Å². The van der Waals surface area contributed by atoms with Crippen molar-refractivity contribution in [2.24, 2.45) is 5.92 Å². The van der Waals surface area contributed by atoms with Crippen molar-refractivity contribution in [2.45, 2.75) is 30.6 Å². The SMILES string of the molecule is O=C(O)c1csc(-n2nc(-c3ccc(F)c(C#CCN4CCOCC4)c3)c(Cc3ccc(S(=O)O)c(F)c3)c2CC2CC2)n1. The number of aromatic carboxylic acids is 1. The second-order valence-electron chi connectivity index (χ2n) is 10.7. The predicted molar refractivity (Wildman–Crippen MR) is 160 cm³/mol. The summed E-state index contributed by atoms with van der Waals surface area (Å²) in [5, 5.41) is 16.2. The number of hydrogen-bond donors (Lipinski definition) is 2. The van der Waals surface area contributed by atoms with Gasteiger partial charge in [0, 0.05) is 36.0 Å². The van der Waals surface area contributed by atoms with Crippen LogP contribution in [0.4, 0.5) is 8.78 Å². The zero-order chi connectivity index (χ0) is 30.8. The van der Waals surface area contributed by atoms with E-state index in [1.54, 1.807) is 22.9 Å². The van der Waals surface area contributed by atoms with E-state index in [1.807, 2.05) is 0 Å². The molecule has 2 aliphatic rings. The first-order chi connectivity index (χ1) is 21.3. The highest BCUT2D eigenvalue weighted by atomic mass is 32.2. The molecule has 1 aliphatic carbocycles. The zero-order valence-corrected chi connectivity index (χ0v) is 25.1. The second-order valence-corrected chi connectivity index (χ2v) is 12.5. The lowest BCUT2D eigenvalue weighted by Gasteiger charge is -2.24. The molecule has 1 atom stereocenters. The van der Waals surface area contributed by atoms with Crippen LogP contribution in [0.5, 0.6) is 0 Å². The van der Waals surface area contributed by atoms with E-state index < -0.39 is 28.7 Å². The molecule has 3 heterocycles. The molecule has 2 fully saturated rings. The number of nitrogens with zero attached hydrogens (tertiary/aromatic N) is 4. The van der Waals surface area contributed by atoms with Crippen LogP contribution in [0.1, 0.15) is 45.7 Å². The Morgan fingerprint density at radius 1 is 1.14 bits per heavy atom. The quantitative estimate of drug-likeness (QED) is 0.199. The van der Waals surface area contributed by atoms with Crippen LogP contribution in [0.25, 0.3) is 16.4 Å². The third kappa shape index (κ3) is 6.80. The summed E-state index contributed by atoms with van der Waals surface area (Å²) in [4.78, 5) is 17.7. The highest BCUT2D eigenvalue weighted by molar-refractivity contribution is 7.79. The van der Waals surface area contributed by atoms with Gasteiger partial charge >= 0.3 is 5.97 Å². The Balaban J connectivity index is 1.44. The summed E-state index contributed by atoms with van der Waals surface area (Å²) >= 11 is -1.32. The third-order valence-electron chi connectivity index (χ3n) is 7.60. The number of carbonyl (C=O) groups is 1. The molecule has 2 N–H and O–H groups in total. The number of ether oxygens (including phenoxy) is 1. The van der Waals surface area contributed by atoms with E-state index >= 15 is 0 Å². The monoisotopic (exact) mass is 638 g/mol. The number of carboxylic acid groups (broad SMARTS) is 1. The topological polar surface area (TPSA) is 118 Å². The fraction of sp³-hybridized carbons (Fsp3) is 0.323. The van der Waals surface area contributed by atoms with Crippen LogP contribution in [0.3, 0.4) is 0 Å². The second kappa shape index (κ2) is 13.1. The molecule has 0 bridgehead atoms. The molecule has 6 rings (SSSR count). The van der Waals surface area contributed by atoms with E-state index in [1.165, 1.54) is 23.6 Å². The Bertz CT molecular complexity index is 1800. The Labute approximate surface area is 258 Å². The summed E-state index contributed by atoms with van der Waals surface area (Å²) in [5.41, 5.74) is 3.31. The minimum absolute atomic E-state index is 0.102. The number of halogens is 2. The lowest BCUT2D eigenvalue weighted by atomic mass is 9.96. The maximum atomic E-state index is 14.9. The van der Waals surface area contributed by atoms with Gasteiger partial charge in [-0.25, -0.2) is 27.5 Å². The molecule has 1 saturated carbocycles. The van der Waals surface area contributed by atoms with Gasteiger partial charge in [-0.3, -0.25) is 4.90 Å². The minimum atomic E-state index is -2.47. The van der Waals surface area contributed by atoms with Crippen molar-refractivity contribution < 1.29 is 32.2 Å². The summed E-state index contributed by atoms with van der Waals surface area (Å²) in [7, 11) is 0. The molecular weight excluding hydrogens is 610 g/mol. The molecule has 9 nitrogen and oxygen atoms in total. The van der Waals surface area contributed by atoms with Gasteiger partial charge in [-0.2, -0.15) is 5.10 Å². The van der Waals surface area contributed by atoms with Crippen LogP contribution < -0.4 is 0 Å². The maximum absolute atomic E-state index is 14.9. The highest BCUT2D eigenvalue weighted by Gasteiger charge is 2.29. The van der Waals surface area contributed by atoms with Gasteiger partial charge < -0.3 is 14.4 Å². The lowest BCUT2D eigenvalue weighted by molar-refractivity contribution is 0.0443. The van der Waals surface area contributed by atoms with Gasteiger partial charge in [0.15, 0.2) is 16.8 Å². The smallest absolute Gasteiger partial charge is 0.355 e. The van der Waals surface area contributed by atoms with Crippen molar-refractivity contribution in [3.8, 4) is 28.2 Å². The van der Waals surface area contributed by atoms with Crippen LogP contribution in [-0.2, 0) is 28.7 Å². The molecular formula is C31H28F2N4O5S2. The van der Waals surface area contributed by atoms with E-state index in [2.05, 4.69) is 21.7 Å². The van der Waals surface area contributed by atoms with Crippen LogP contribution >= 0.6 is 11.3 Å². The van der Waals surface area contributed by atoms with E-state index in [9.17, 15) is 27.4 Å². The Hall–Kier alpha value is -3.80. The molecule has 13 heteroatoms. The van der Waals surface area contributed by atoms with Crippen molar-refractivity contribution in [3.63, 3.8) is 0 Å². The largest absolute Gasteiger partial charge is 0.476 e. The molecule has 1 saturated heterocycles. The van der Waals surface area contributed by atoms with Gasteiger partial charge in [-0.1, -0.05) is 17.9 Å². The molecule has 228 valence electrons. The Morgan fingerprint density at radius 3 is 2.61 bits per heavy atom. The van der Waals surface area contributed by atoms with Gasteiger partial charge in [-0.15, -0.1) is 11.3 Å². The number of benzene rings is 2. The first-order valence-corrected chi connectivity index (χ1v) is 16.0. The third-order valence-corrected chi connectivity index (χ3v) is 9.12. The summed E-state index contributed by atoms with van der Waals surface area (Å²) in [6.07, 6.45) is 2.92. The summed E-state index contributed by atoms with van der Waals surface area (Å²) < 4.78 is 57.6. The van der Waals surface area contributed by atoms with E-state index in [-0.39, 0.29) is 22.6 Å². The van der Waals surface area contributed by atoms with Crippen LogP contribution in [-0.4, -0.2) is 72.3 Å². The number of morpholine rings is 1. The normalized spacial score (nSPS) is 16.0. The zero-order valence-electron chi connectivity index (χ0n) is 23.5. The van der Waals surface area contributed by atoms with Gasteiger partial charge in [0.05, 0.1) is 36.7 Å². The number of hydrogen-bond acceptors (Lipinski definition) is 7. The van der Waals surface area contributed by atoms with Gasteiger partial charge in [0.1, 0.15) is 16.5 Å². The Morgan fingerprint density at radius 2 is 1.93 bits per heavy atom. The maximum Gasteiger partial charge on any atom is 0.355 e. The molecule has 2 aromatic heterocycles. The molecule has 0 spiro atoms. The van der Waals surface area contributed by atoms with Gasteiger partial charge in [0.2, 0.25) is 5.13 Å². The fourth-order valence-electron chi connectivity index (χ4n) is 5.10. The molecule has 4 aromatic rings. The number of aromatic nitrogens is 3. The van der Waals surface area contributed by atoms with Gasteiger partial charge in [-0.05, 0) is 61.1 Å². The average Bonchev–Trinajstić information content (AvgIpc) is 3.56. The average molecular weight is 639 g/mol. The fourth-order valence-corrected chi connectivity index (χ4v) is 6.28. The minimum Gasteiger partial charge on any atom is -0.476 e. The molecule has 0 amide bonds. The van der Waals surface area contributed by atoms with E-state index in [0.717, 1.165) is 48.5 Å². The first-order valence-electron chi connectivity index (χ1n) is 14.0. The molecule has 2 aromatic carbocycles. The van der Waals surface area contributed by atoms with E-state index in [0.29, 0.717) is 54.0 Å². The summed E-state index contributed by atoms with van der Waals surface area (Å²) in [6, 6.07) is 8.70.